The van der Waals surface area contributed by atoms with Crippen LogP contribution >= 0.6 is 11.3 Å². The summed E-state index contributed by atoms with van der Waals surface area (Å²) in [5.74, 6) is 0. The van der Waals surface area contributed by atoms with E-state index in [2.05, 4.69) is 53.7 Å². The molecule has 3 heteroatoms. The predicted molar refractivity (Wildman–Crippen MR) is 90.0 cm³/mol. The van der Waals surface area contributed by atoms with Crippen LogP contribution in [0, 0.1) is 0 Å². The molecule has 0 bridgehead atoms. The molecule has 0 unspecified atom stereocenters. The monoisotopic (exact) mass is 288 g/mol. The Morgan fingerprint density at radius 2 is 2.10 bits per heavy atom. The van der Waals surface area contributed by atoms with Gasteiger partial charge in [-0.3, -0.25) is 0 Å². The second kappa shape index (κ2) is 5.74. The average Bonchev–Trinajstić information content (AvgIpc) is 2.85. The molecule has 1 aliphatic heterocycles. The minimum atomic E-state index is 0.278. The summed E-state index contributed by atoms with van der Waals surface area (Å²) >= 11 is 1.82. The number of rotatable bonds is 3. The van der Waals surface area contributed by atoms with Gasteiger partial charge in [0.2, 0.25) is 0 Å². The highest BCUT2D eigenvalue weighted by Gasteiger charge is 2.30. The van der Waals surface area contributed by atoms with Crippen molar-refractivity contribution >= 4 is 27.1 Å². The number of thiophene rings is 1. The molecule has 108 valence electrons. The van der Waals surface area contributed by atoms with Crippen LogP contribution in [-0.4, -0.2) is 25.2 Å². The van der Waals surface area contributed by atoms with Gasteiger partial charge >= 0.3 is 0 Å². The molecule has 1 aliphatic rings. The molecule has 20 heavy (non-hydrogen) atoms. The van der Waals surface area contributed by atoms with Gasteiger partial charge in [-0.1, -0.05) is 13.8 Å². The first-order chi connectivity index (χ1) is 9.76. The zero-order valence-electron chi connectivity index (χ0n) is 12.5. The van der Waals surface area contributed by atoms with Crippen LogP contribution in [0.4, 0.5) is 5.69 Å². The summed E-state index contributed by atoms with van der Waals surface area (Å²) in [6, 6.07) is 9.15. The molecule has 0 atom stereocenters. The quantitative estimate of drug-likeness (QED) is 0.908. The van der Waals surface area contributed by atoms with E-state index in [9.17, 15) is 0 Å². The van der Waals surface area contributed by atoms with Gasteiger partial charge in [0.05, 0.1) is 0 Å². The van der Waals surface area contributed by atoms with Crippen molar-refractivity contribution in [2.45, 2.75) is 38.6 Å². The Hall–Kier alpha value is -1.06. The SMILES string of the molecule is CCC1(CC)CN(c2ccc3sccc3c2)CCCN1. The average molecular weight is 288 g/mol. The van der Waals surface area contributed by atoms with E-state index in [4.69, 9.17) is 0 Å². The molecular formula is C17H24N2S. The van der Waals surface area contributed by atoms with Crippen molar-refractivity contribution in [3.05, 3.63) is 29.6 Å². The number of anilines is 1. The summed E-state index contributed by atoms with van der Waals surface area (Å²) in [7, 11) is 0. The summed E-state index contributed by atoms with van der Waals surface area (Å²) in [4.78, 5) is 2.57. The number of hydrogen-bond donors (Lipinski definition) is 1. The van der Waals surface area contributed by atoms with Crippen molar-refractivity contribution in [3.8, 4) is 0 Å². The van der Waals surface area contributed by atoms with Crippen molar-refractivity contribution in [2.75, 3.05) is 24.5 Å². The summed E-state index contributed by atoms with van der Waals surface area (Å²) in [5, 5.41) is 7.35. The van der Waals surface area contributed by atoms with Gasteiger partial charge in [0.25, 0.3) is 0 Å². The smallest absolute Gasteiger partial charge is 0.0373 e. The molecule has 1 saturated heterocycles. The van der Waals surface area contributed by atoms with Crippen LogP contribution in [0.25, 0.3) is 10.1 Å². The summed E-state index contributed by atoms with van der Waals surface area (Å²) < 4.78 is 1.39. The first kappa shape index (κ1) is 13.9. The molecule has 0 amide bonds. The summed E-state index contributed by atoms with van der Waals surface area (Å²) in [6.07, 6.45) is 3.62. The Labute approximate surface area is 125 Å². The molecule has 0 spiro atoms. The number of fused-ring (bicyclic) bond motifs is 1. The number of nitrogens with zero attached hydrogens (tertiary/aromatic N) is 1. The van der Waals surface area contributed by atoms with E-state index >= 15 is 0 Å². The van der Waals surface area contributed by atoms with E-state index in [1.54, 1.807) is 0 Å². The third kappa shape index (κ3) is 2.57. The third-order valence-electron chi connectivity index (χ3n) is 4.75. The van der Waals surface area contributed by atoms with E-state index in [1.165, 1.54) is 35.0 Å². The van der Waals surface area contributed by atoms with Crippen LogP contribution in [-0.2, 0) is 0 Å². The Morgan fingerprint density at radius 3 is 2.90 bits per heavy atom. The van der Waals surface area contributed by atoms with Gasteiger partial charge in [0, 0.05) is 29.0 Å². The Morgan fingerprint density at radius 1 is 1.25 bits per heavy atom. The maximum absolute atomic E-state index is 3.79. The zero-order valence-corrected chi connectivity index (χ0v) is 13.3. The Bertz CT molecular complexity index is 571. The van der Waals surface area contributed by atoms with Crippen molar-refractivity contribution in [1.82, 2.24) is 5.32 Å². The van der Waals surface area contributed by atoms with Gasteiger partial charge in [-0.2, -0.15) is 0 Å². The van der Waals surface area contributed by atoms with Crippen molar-refractivity contribution < 1.29 is 0 Å². The van der Waals surface area contributed by atoms with E-state index < -0.39 is 0 Å². The van der Waals surface area contributed by atoms with Crippen LogP contribution in [0.5, 0.6) is 0 Å². The topological polar surface area (TPSA) is 15.3 Å². The van der Waals surface area contributed by atoms with Gasteiger partial charge < -0.3 is 10.2 Å². The molecule has 0 aliphatic carbocycles. The highest BCUT2D eigenvalue weighted by atomic mass is 32.1. The minimum absolute atomic E-state index is 0.278. The number of nitrogens with one attached hydrogen (secondary N) is 1. The van der Waals surface area contributed by atoms with E-state index in [0.29, 0.717) is 0 Å². The predicted octanol–water partition coefficient (Wildman–Crippen LogP) is 4.26. The molecule has 0 radical (unpaired) electrons. The lowest BCUT2D eigenvalue weighted by Gasteiger charge is -2.36. The first-order valence-corrected chi connectivity index (χ1v) is 8.61. The fraction of sp³-hybridized carbons (Fsp3) is 0.529. The van der Waals surface area contributed by atoms with Crippen LogP contribution in [0.1, 0.15) is 33.1 Å². The Kier molecular flexibility index (Phi) is 3.99. The van der Waals surface area contributed by atoms with Crippen LogP contribution in [0.15, 0.2) is 29.6 Å². The van der Waals surface area contributed by atoms with Gasteiger partial charge in [-0.15, -0.1) is 11.3 Å². The molecular weight excluding hydrogens is 264 g/mol. The van der Waals surface area contributed by atoms with E-state index in [0.717, 1.165) is 19.6 Å². The summed E-state index contributed by atoms with van der Waals surface area (Å²) in [6.45, 7) is 8.03. The second-order valence-corrected chi connectivity index (χ2v) is 6.78. The normalized spacial score (nSPS) is 19.2. The van der Waals surface area contributed by atoms with Crippen LogP contribution < -0.4 is 10.2 Å². The van der Waals surface area contributed by atoms with Crippen LogP contribution in [0.3, 0.4) is 0 Å². The van der Waals surface area contributed by atoms with Crippen LogP contribution in [0.2, 0.25) is 0 Å². The molecule has 2 aromatic rings. The highest BCUT2D eigenvalue weighted by Crippen LogP contribution is 2.29. The van der Waals surface area contributed by atoms with Gasteiger partial charge in [-0.25, -0.2) is 0 Å². The lowest BCUT2D eigenvalue weighted by molar-refractivity contribution is 0.321. The maximum Gasteiger partial charge on any atom is 0.0373 e. The molecule has 1 aromatic heterocycles. The zero-order chi connectivity index (χ0) is 14.0. The highest BCUT2D eigenvalue weighted by molar-refractivity contribution is 7.17. The molecule has 1 aromatic carbocycles. The maximum atomic E-state index is 3.79. The van der Waals surface area contributed by atoms with E-state index in [-0.39, 0.29) is 5.54 Å². The lowest BCUT2D eigenvalue weighted by atomic mass is 9.92. The lowest BCUT2D eigenvalue weighted by Crippen LogP contribution is -2.50. The molecule has 1 N–H and O–H groups in total. The third-order valence-corrected chi connectivity index (χ3v) is 5.65. The van der Waals surface area contributed by atoms with Gasteiger partial charge in [0.15, 0.2) is 0 Å². The van der Waals surface area contributed by atoms with Gasteiger partial charge in [-0.05, 0) is 60.8 Å². The molecule has 1 fully saturated rings. The Balaban J connectivity index is 1.90. The van der Waals surface area contributed by atoms with Crippen molar-refractivity contribution in [3.63, 3.8) is 0 Å². The fourth-order valence-corrected chi connectivity index (χ4v) is 3.99. The minimum Gasteiger partial charge on any atom is -0.370 e. The molecule has 0 saturated carbocycles. The van der Waals surface area contributed by atoms with Crippen molar-refractivity contribution in [2.24, 2.45) is 0 Å². The molecule has 2 nitrogen and oxygen atoms in total. The van der Waals surface area contributed by atoms with E-state index in [1.807, 2.05) is 11.3 Å². The van der Waals surface area contributed by atoms with Gasteiger partial charge in [0.1, 0.15) is 0 Å². The number of hydrogen-bond acceptors (Lipinski definition) is 3. The largest absolute Gasteiger partial charge is 0.370 e. The van der Waals surface area contributed by atoms with Crippen molar-refractivity contribution in [1.29, 1.82) is 0 Å². The number of benzene rings is 1. The fourth-order valence-electron chi connectivity index (χ4n) is 3.22. The standard InChI is InChI=1S/C17H24N2S/c1-3-17(4-2)13-19(10-5-9-18-17)15-6-7-16-14(12-15)8-11-20-16/h6-8,11-12,18H,3-5,9-10,13H2,1-2H3. The summed E-state index contributed by atoms with van der Waals surface area (Å²) in [5.41, 5.74) is 1.66. The first-order valence-electron chi connectivity index (χ1n) is 7.73. The second-order valence-electron chi connectivity index (χ2n) is 5.83. The molecule has 2 heterocycles. The molecule has 3 rings (SSSR count).